The van der Waals surface area contributed by atoms with Gasteiger partial charge in [-0.1, -0.05) is 0 Å². The predicted molar refractivity (Wildman–Crippen MR) is 65.2 cm³/mol. The molecule has 0 aromatic heterocycles. The fourth-order valence-corrected chi connectivity index (χ4v) is 1.55. The van der Waals surface area contributed by atoms with Crippen LogP contribution in [-0.2, 0) is 0 Å². The van der Waals surface area contributed by atoms with Gasteiger partial charge in [-0.3, -0.25) is 0 Å². The number of nitrogen functional groups attached to an aromatic ring is 1. The van der Waals surface area contributed by atoms with Crippen molar-refractivity contribution in [2.45, 2.75) is 0 Å². The van der Waals surface area contributed by atoms with E-state index in [1.807, 2.05) is 0 Å². The smallest absolute Gasteiger partial charge is 0.151 e. The molecule has 2 aromatic rings. The first kappa shape index (κ1) is 12.8. The molecule has 0 saturated heterocycles. The van der Waals surface area contributed by atoms with Crippen molar-refractivity contribution < 1.29 is 13.2 Å². The summed E-state index contributed by atoms with van der Waals surface area (Å²) >= 11 is 0. The van der Waals surface area contributed by atoms with Crippen LogP contribution in [0.15, 0.2) is 30.3 Å². The lowest BCUT2D eigenvalue weighted by molar-refractivity contribution is 0.592. The predicted octanol–water partition coefficient (Wildman–Crippen LogP) is 3.30. The number of anilines is 3. The molecule has 3 N–H and O–H groups in total. The minimum absolute atomic E-state index is 0.0441. The molecule has 3 nitrogen and oxygen atoms in total. The lowest BCUT2D eigenvalue weighted by atomic mass is 10.2. The first-order chi connectivity index (χ1) is 9.01. The van der Waals surface area contributed by atoms with Crippen LogP contribution in [0.4, 0.5) is 30.2 Å². The number of hydrogen-bond donors (Lipinski definition) is 2. The summed E-state index contributed by atoms with van der Waals surface area (Å²) in [6, 6.07) is 7.02. The Bertz CT molecular complexity index is 654. The number of nitrogens with one attached hydrogen (secondary N) is 1. The van der Waals surface area contributed by atoms with E-state index in [2.05, 4.69) is 5.32 Å². The molecule has 0 amide bonds. The number of nitrogens with two attached hydrogens (primary N) is 1. The van der Waals surface area contributed by atoms with E-state index in [1.54, 1.807) is 6.07 Å². The second-order valence-electron chi connectivity index (χ2n) is 3.79. The number of nitrogens with zero attached hydrogens (tertiary/aromatic N) is 1. The summed E-state index contributed by atoms with van der Waals surface area (Å²) in [5.41, 5.74) is 4.80. The molecular weight excluding hydrogens is 255 g/mol. The van der Waals surface area contributed by atoms with Crippen LogP contribution < -0.4 is 11.1 Å². The first-order valence-electron chi connectivity index (χ1n) is 5.22. The third kappa shape index (κ3) is 2.60. The second-order valence-corrected chi connectivity index (χ2v) is 3.79. The topological polar surface area (TPSA) is 61.8 Å². The van der Waals surface area contributed by atoms with Crippen LogP contribution in [0, 0.1) is 28.8 Å². The highest BCUT2D eigenvalue weighted by Gasteiger charge is 2.11. The van der Waals surface area contributed by atoms with Crippen molar-refractivity contribution in [2.24, 2.45) is 0 Å². The molecule has 0 saturated carbocycles. The number of nitriles is 1. The van der Waals surface area contributed by atoms with Gasteiger partial charge in [-0.2, -0.15) is 5.26 Å². The summed E-state index contributed by atoms with van der Waals surface area (Å²) in [6.45, 7) is 0. The molecular formula is C13H8F3N3. The Morgan fingerprint density at radius 3 is 2.21 bits per heavy atom. The van der Waals surface area contributed by atoms with E-state index in [-0.39, 0.29) is 16.9 Å². The van der Waals surface area contributed by atoms with Crippen molar-refractivity contribution in [3.05, 3.63) is 53.3 Å². The van der Waals surface area contributed by atoms with Crippen molar-refractivity contribution in [2.75, 3.05) is 11.1 Å². The van der Waals surface area contributed by atoms with Crippen LogP contribution in [0.3, 0.4) is 0 Å². The van der Waals surface area contributed by atoms with E-state index in [0.29, 0.717) is 0 Å². The first-order valence-corrected chi connectivity index (χ1v) is 5.22. The van der Waals surface area contributed by atoms with Gasteiger partial charge in [0.1, 0.15) is 17.6 Å². The number of halogens is 3. The Kier molecular flexibility index (Phi) is 3.29. The fourth-order valence-electron chi connectivity index (χ4n) is 1.55. The average molecular weight is 263 g/mol. The van der Waals surface area contributed by atoms with Crippen LogP contribution in [0.5, 0.6) is 0 Å². The number of benzene rings is 2. The van der Waals surface area contributed by atoms with E-state index in [0.717, 1.165) is 24.3 Å². The quantitative estimate of drug-likeness (QED) is 0.817. The van der Waals surface area contributed by atoms with Gasteiger partial charge < -0.3 is 11.1 Å². The molecule has 0 spiro atoms. The molecule has 0 unspecified atom stereocenters. The molecule has 6 heteroatoms. The van der Waals surface area contributed by atoms with Crippen molar-refractivity contribution in [1.82, 2.24) is 0 Å². The second kappa shape index (κ2) is 4.90. The molecule has 0 aliphatic heterocycles. The lowest BCUT2D eigenvalue weighted by Crippen LogP contribution is -2.00. The number of hydrogen-bond acceptors (Lipinski definition) is 3. The molecule has 19 heavy (non-hydrogen) atoms. The fraction of sp³-hybridized carbons (Fsp3) is 0. The van der Waals surface area contributed by atoms with E-state index in [4.69, 9.17) is 11.0 Å². The molecule has 96 valence electrons. The van der Waals surface area contributed by atoms with Crippen LogP contribution in [-0.4, -0.2) is 0 Å². The zero-order chi connectivity index (χ0) is 14.0. The van der Waals surface area contributed by atoms with E-state index < -0.39 is 23.1 Å². The van der Waals surface area contributed by atoms with Gasteiger partial charge >= 0.3 is 0 Å². The van der Waals surface area contributed by atoms with Gasteiger partial charge in [-0.15, -0.1) is 0 Å². The standard InChI is InChI=1S/C13H8F3N3/c14-10-2-1-9(3-7(10)6-17)19-13-11(15)4-8(18)5-12(13)16/h1-5,19H,18H2. The molecule has 0 heterocycles. The summed E-state index contributed by atoms with van der Waals surface area (Å²) < 4.78 is 40.2. The molecule has 2 rings (SSSR count). The average Bonchev–Trinajstić information content (AvgIpc) is 2.35. The van der Waals surface area contributed by atoms with Crippen LogP contribution in [0.2, 0.25) is 0 Å². The molecule has 2 aromatic carbocycles. The van der Waals surface area contributed by atoms with E-state index >= 15 is 0 Å². The third-order valence-corrected chi connectivity index (χ3v) is 2.42. The minimum Gasteiger partial charge on any atom is -0.399 e. The molecule has 0 fully saturated rings. The molecule has 0 aliphatic rings. The van der Waals surface area contributed by atoms with Crippen molar-refractivity contribution >= 4 is 17.1 Å². The summed E-state index contributed by atoms with van der Waals surface area (Å²) in [6.07, 6.45) is 0. The van der Waals surface area contributed by atoms with Gasteiger partial charge in [0.05, 0.1) is 5.56 Å². The molecule has 0 atom stereocenters. The summed E-state index contributed by atoms with van der Waals surface area (Å²) in [5, 5.41) is 11.1. The highest BCUT2D eigenvalue weighted by molar-refractivity contribution is 5.64. The summed E-state index contributed by atoms with van der Waals surface area (Å²) in [7, 11) is 0. The van der Waals surface area contributed by atoms with Gasteiger partial charge in [0.2, 0.25) is 0 Å². The zero-order valence-electron chi connectivity index (χ0n) is 9.55. The lowest BCUT2D eigenvalue weighted by Gasteiger charge is -2.10. The van der Waals surface area contributed by atoms with Crippen LogP contribution >= 0.6 is 0 Å². The third-order valence-electron chi connectivity index (χ3n) is 2.42. The van der Waals surface area contributed by atoms with E-state index in [9.17, 15) is 13.2 Å². The van der Waals surface area contributed by atoms with Gasteiger partial charge in [0.15, 0.2) is 11.6 Å². The Balaban J connectivity index is 2.40. The maximum Gasteiger partial charge on any atom is 0.151 e. The van der Waals surface area contributed by atoms with Crippen molar-refractivity contribution in [3.8, 4) is 6.07 Å². The van der Waals surface area contributed by atoms with Gasteiger partial charge in [0.25, 0.3) is 0 Å². The normalized spacial score (nSPS) is 10.0. The van der Waals surface area contributed by atoms with Crippen LogP contribution in [0.1, 0.15) is 5.56 Å². The molecule has 0 aliphatic carbocycles. The zero-order valence-corrected chi connectivity index (χ0v) is 9.55. The van der Waals surface area contributed by atoms with Crippen molar-refractivity contribution in [3.63, 3.8) is 0 Å². The number of rotatable bonds is 2. The summed E-state index contributed by atoms with van der Waals surface area (Å²) in [5.74, 6) is -2.45. The van der Waals surface area contributed by atoms with E-state index in [1.165, 1.54) is 6.07 Å². The van der Waals surface area contributed by atoms with Crippen LogP contribution in [0.25, 0.3) is 0 Å². The largest absolute Gasteiger partial charge is 0.399 e. The Morgan fingerprint density at radius 1 is 1.00 bits per heavy atom. The maximum absolute atomic E-state index is 13.5. The van der Waals surface area contributed by atoms with Crippen molar-refractivity contribution in [1.29, 1.82) is 5.26 Å². The highest BCUT2D eigenvalue weighted by Crippen LogP contribution is 2.26. The summed E-state index contributed by atoms with van der Waals surface area (Å²) in [4.78, 5) is 0. The minimum atomic E-state index is -0.875. The van der Waals surface area contributed by atoms with Gasteiger partial charge in [0, 0.05) is 11.4 Å². The monoisotopic (exact) mass is 263 g/mol. The molecule has 0 radical (unpaired) electrons. The highest BCUT2D eigenvalue weighted by atomic mass is 19.1. The van der Waals surface area contributed by atoms with Gasteiger partial charge in [-0.25, -0.2) is 13.2 Å². The van der Waals surface area contributed by atoms with Gasteiger partial charge in [-0.05, 0) is 30.3 Å². The SMILES string of the molecule is N#Cc1cc(Nc2c(F)cc(N)cc2F)ccc1F. The molecule has 0 bridgehead atoms. The maximum atomic E-state index is 13.5. The Labute approximate surface area is 107 Å². The Morgan fingerprint density at radius 2 is 1.63 bits per heavy atom. The Hall–Kier alpha value is -2.68.